The van der Waals surface area contributed by atoms with E-state index in [9.17, 15) is 5.11 Å². The molecule has 2 aromatic carbocycles. The zero-order valence-electron chi connectivity index (χ0n) is 11.1. The van der Waals surface area contributed by atoms with Gasteiger partial charge in [0.2, 0.25) is 0 Å². The predicted octanol–water partition coefficient (Wildman–Crippen LogP) is 4.42. The fraction of sp³-hybridized carbons (Fsp3) is 0.0625. The number of nitrogens with one attached hydrogen (secondary N) is 1. The number of aromatic hydroxyl groups is 1. The second-order valence-corrected chi connectivity index (χ2v) is 5.44. The molecule has 0 unspecified atom stereocenters. The van der Waals surface area contributed by atoms with Crippen molar-refractivity contribution in [1.82, 2.24) is 4.98 Å². The van der Waals surface area contributed by atoms with Gasteiger partial charge in [0.1, 0.15) is 5.75 Å². The van der Waals surface area contributed by atoms with Crippen LogP contribution < -0.4 is 5.32 Å². The fourth-order valence-electron chi connectivity index (χ4n) is 2.01. The Kier molecular flexibility index (Phi) is 3.92. The minimum atomic E-state index is 0.242. The van der Waals surface area contributed by atoms with Gasteiger partial charge in [0.05, 0.1) is 10.7 Å². The molecule has 106 valence electrons. The maximum Gasteiger partial charge on any atom is 0.181 e. The molecule has 0 saturated heterocycles. The van der Waals surface area contributed by atoms with Crippen LogP contribution in [0.4, 0.5) is 5.69 Å². The van der Waals surface area contributed by atoms with E-state index in [1.165, 1.54) is 6.39 Å². The summed E-state index contributed by atoms with van der Waals surface area (Å²) in [5.74, 6) is 0.983. The molecule has 3 aromatic rings. The van der Waals surface area contributed by atoms with E-state index >= 15 is 0 Å². The number of benzene rings is 2. The predicted molar refractivity (Wildman–Crippen MR) is 85.1 cm³/mol. The molecule has 0 aliphatic carbocycles. The third-order valence-electron chi connectivity index (χ3n) is 3.09. The van der Waals surface area contributed by atoms with E-state index in [4.69, 9.17) is 4.42 Å². The van der Waals surface area contributed by atoms with Crippen LogP contribution in [0.1, 0.15) is 5.56 Å². The van der Waals surface area contributed by atoms with Crippen LogP contribution in [0.2, 0.25) is 0 Å². The van der Waals surface area contributed by atoms with Gasteiger partial charge in [-0.15, -0.1) is 0 Å². The molecule has 0 saturated carbocycles. The van der Waals surface area contributed by atoms with Gasteiger partial charge in [0.25, 0.3) is 0 Å². The summed E-state index contributed by atoms with van der Waals surface area (Å²) < 4.78 is 5.99. The lowest BCUT2D eigenvalue weighted by Gasteiger charge is -2.08. The summed E-state index contributed by atoms with van der Waals surface area (Å²) >= 11 is 3.31. The zero-order chi connectivity index (χ0) is 14.7. The largest absolute Gasteiger partial charge is 0.507 e. The molecule has 0 radical (unpaired) electrons. The Morgan fingerprint density at radius 3 is 2.86 bits per heavy atom. The average molecular weight is 345 g/mol. The quantitative estimate of drug-likeness (QED) is 0.735. The molecular formula is C16H13BrN2O2. The van der Waals surface area contributed by atoms with Crippen molar-refractivity contribution < 1.29 is 9.52 Å². The van der Waals surface area contributed by atoms with Crippen LogP contribution in [0.3, 0.4) is 0 Å². The van der Waals surface area contributed by atoms with Crippen LogP contribution in [0.5, 0.6) is 5.75 Å². The maximum atomic E-state index is 9.49. The van der Waals surface area contributed by atoms with E-state index in [1.807, 2.05) is 36.4 Å². The molecule has 5 heteroatoms. The van der Waals surface area contributed by atoms with Crippen LogP contribution in [0.25, 0.3) is 11.3 Å². The van der Waals surface area contributed by atoms with Gasteiger partial charge >= 0.3 is 0 Å². The lowest BCUT2D eigenvalue weighted by atomic mass is 10.1. The number of nitrogens with zero attached hydrogens (tertiary/aromatic N) is 1. The van der Waals surface area contributed by atoms with Gasteiger partial charge in [0, 0.05) is 17.8 Å². The third-order valence-corrected chi connectivity index (χ3v) is 3.72. The van der Waals surface area contributed by atoms with Gasteiger partial charge in [0.15, 0.2) is 12.2 Å². The summed E-state index contributed by atoms with van der Waals surface area (Å²) in [5.41, 5.74) is 3.04. The van der Waals surface area contributed by atoms with E-state index in [1.54, 1.807) is 12.3 Å². The van der Waals surface area contributed by atoms with Crippen LogP contribution in [0.15, 0.2) is 63.9 Å². The molecular weight excluding hydrogens is 332 g/mol. The monoisotopic (exact) mass is 344 g/mol. The smallest absolute Gasteiger partial charge is 0.181 e. The van der Waals surface area contributed by atoms with Gasteiger partial charge < -0.3 is 14.8 Å². The Morgan fingerprint density at radius 2 is 2.10 bits per heavy atom. The summed E-state index contributed by atoms with van der Waals surface area (Å²) in [4.78, 5) is 3.92. The number of halogens is 1. The van der Waals surface area contributed by atoms with Crippen LogP contribution in [-0.4, -0.2) is 10.1 Å². The van der Waals surface area contributed by atoms with E-state index in [0.29, 0.717) is 11.0 Å². The topological polar surface area (TPSA) is 58.3 Å². The van der Waals surface area contributed by atoms with E-state index in [-0.39, 0.29) is 5.75 Å². The van der Waals surface area contributed by atoms with Gasteiger partial charge in [-0.25, -0.2) is 4.98 Å². The summed E-state index contributed by atoms with van der Waals surface area (Å²) in [5, 5.41) is 12.8. The second kappa shape index (κ2) is 6.01. The van der Waals surface area contributed by atoms with E-state index in [2.05, 4.69) is 26.2 Å². The van der Waals surface area contributed by atoms with E-state index in [0.717, 1.165) is 22.6 Å². The Labute approximate surface area is 130 Å². The van der Waals surface area contributed by atoms with Gasteiger partial charge in [-0.05, 0) is 45.8 Å². The molecule has 0 bridgehead atoms. The first-order valence-electron chi connectivity index (χ1n) is 6.42. The summed E-state index contributed by atoms with van der Waals surface area (Å²) in [6.07, 6.45) is 3.11. The number of aromatic nitrogens is 1. The van der Waals surface area contributed by atoms with Crippen molar-refractivity contribution in [3.8, 4) is 17.1 Å². The number of hydrogen-bond acceptors (Lipinski definition) is 4. The lowest BCUT2D eigenvalue weighted by molar-refractivity contribution is 0.471. The van der Waals surface area contributed by atoms with Gasteiger partial charge in [-0.2, -0.15) is 0 Å². The van der Waals surface area contributed by atoms with Gasteiger partial charge in [-0.1, -0.05) is 18.2 Å². The van der Waals surface area contributed by atoms with Crippen molar-refractivity contribution in [2.75, 3.05) is 5.32 Å². The number of phenolic OH excluding ortho intramolecular Hbond substituents is 1. The first-order chi connectivity index (χ1) is 10.2. The first-order valence-corrected chi connectivity index (χ1v) is 7.22. The standard InChI is InChI=1S/C16H13BrN2O2/c17-14-6-11(4-5-15(14)20)8-19-13-3-1-2-12(7-13)16-9-18-10-21-16/h1-7,9-10,19-20H,8H2. The average Bonchev–Trinajstić information content (AvgIpc) is 3.03. The maximum absolute atomic E-state index is 9.49. The molecule has 2 N–H and O–H groups in total. The molecule has 0 aliphatic rings. The van der Waals surface area contributed by atoms with Crippen LogP contribution in [0, 0.1) is 0 Å². The number of phenols is 1. The minimum Gasteiger partial charge on any atom is -0.507 e. The Hall–Kier alpha value is -2.27. The molecule has 1 heterocycles. The Balaban J connectivity index is 1.73. The van der Waals surface area contributed by atoms with Crippen LogP contribution in [-0.2, 0) is 6.54 Å². The fourth-order valence-corrected chi connectivity index (χ4v) is 2.43. The second-order valence-electron chi connectivity index (χ2n) is 4.59. The molecule has 3 rings (SSSR count). The Morgan fingerprint density at radius 1 is 1.19 bits per heavy atom. The molecule has 0 atom stereocenters. The summed E-state index contributed by atoms with van der Waals surface area (Å²) in [6.45, 7) is 0.665. The third kappa shape index (κ3) is 3.25. The number of oxazole rings is 1. The lowest BCUT2D eigenvalue weighted by Crippen LogP contribution is -1.99. The zero-order valence-corrected chi connectivity index (χ0v) is 12.7. The van der Waals surface area contributed by atoms with E-state index < -0.39 is 0 Å². The summed E-state index contributed by atoms with van der Waals surface area (Å²) in [7, 11) is 0. The molecule has 0 fully saturated rings. The van der Waals surface area contributed by atoms with Crippen molar-refractivity contribution in [1.29, 1.82) is 0 Å². The highest BCUT2D eigenvalue weighted by atomic mass is 79.9. The molecule has 21 heavy (non-hydrogen) atoms. The highest BCUT2D eigenvalue weighted by molar-refractivity contribution is 9.10. The minimum absolute atomic E-state index is 0.242. The molecule has 4 nitrogen and oxygen atoms in total. The van der Waals surface area contributed by atoms with Gasteiger partial charge in [-0.3, -0.25) is 0 Å². The normalized spacial score (nSPS) is 10.5. The highest BCUT2D eigenvalue weighted by Gasteiger charge is 2.03. The van der Waals surface area contributed by atoms with Crippen molar-refractivity contribution in [2.45, 2.75) is 6.54 Å². The number of anilines is 1. The van der Waals surface area contributed by atoms with Crippen LogP contribution >= 0.6 is 15.9 Å². The van der Waals surface area contributed by atoms with Crippen molar-refractivity contribution in [2.24, 2.45) is 0 Å². The molecule has 0 amide bonds. The molecule has 0 aliphatic heterocycles. The van der Waals surface area contributed by atoms with Crippen molar-refractivity contribution >= 4 is 21.6 Å². The summed E-state index contributed by atoms with van der Waals surface area (Å²) in [6, 6.07) is 13.4. The first kappa shape index (κ1) is 13.7. The van der Waals surface area contributed by atoms with Crippen molar-refractivity contribution in [3.63, 3.8) is 0 Å². The number of hydrogen-bond donors (Lipinski definition) is 2. The molecule has 0 spiro atoms. The Bertz CT molecular complexity index is 742. The van der Waals surface area contributed by atoms with Crippen molar-refractivity contribution in [3.05, 3.63) is 65.1 Å². The SMILES string of the molecule is Oc1ccc(CNc2cccc(-c3cnco3)c2)cc1Br. The highest BCUT2D eigenvalue weighted by Crippen LogP contribution is 2.25. The number of rotatable bonds is 4. The molecule has 1 aromatic heterocycles.